The highest BCUT2D eigenvalue weighted by Gasteiger charge is 2.72. The van der Waals surface area contributed by atoms with Gasteiger partial charge in [-0.1, -0.05) is 6.07 Å². The van der Waals surface area contributed by atoms with Gasteiger partial charge in [0, 0.05) is 18.0 Å². The number of aromatic hydroxyl groups is 1. The van der Waals surface area contributed by atoms with Crippen molar-refractivity contribution in [3.8, 4) is 11.5 Å². The van der Waals surface area contributed by atoms with Gasteiger partial charge in [-0.15, -0.1) is 0 Å². The number of hydrogen-bond donors (Lipinski definition) is 4. The lowest BCUT2D eigenvalue weighted by Crippen LogP contribution is -2.74. The first-order valence-electron chi connectivity index (χ1n) is 11.5. The molecule has 0 radical (unpaired) electrons. The second-order valence-corrected chi connectivity index (χ2v) is 9.72. The third-order valence-electron chi connectivity index (χ3n) is 7.84. The Labute approximate surface area is 200 Å². The number of esters is 2. The maximum absolute atomic E-state index is 12.8. The summed E-state index contributed by atoms with van der Waals surface area (Å²) in [7, 11) is 1.96. The van der Waals surface area contributed by atoms with E-state index in [4.69, 9.17) is 19.3 Å². The Morgan fingerprint density at radius 2 is 2.03 bits per heavy atom. The summed E-state index contributed by atoms with van der Waals surface area (Å²) in [5.41, 5.74) is -0.449. The molecule has 6 atom stereocenters. The molecule has 2 heterocycles. The maximum Gasteiger partial charge on any atom is 0.352 e. The number of ether oxygens (including phenoxy) is 3. The van der Waals surface area contributed by atoms with Crippen LogP contribution in [-0.2, 0) is 35.7 Å². The Balaban J connectivity index is 1.43. The van der Waals surface area contributed by atoms with Crippen molar-refractivity contribution < 1.29 is 49.0 Å². The van der Waals surface area contributed by atoms with Gasteiger partial charge >= 0.3 is 17.9 Å². The van der Waals surface area contributed by atoms with Crippen molar-refractivity contribution in [2.45, 2.75) is 68.0 Å². The van der Waals surface area contributed by atoms with Gasteiger partial charge in [0.1, 0.15) is 5.76 Å². The van der Waals surface area contributed by atoms with Crippen molar-refractivity contribution in [3.05, 3.63) is 35.1 Å². The fourth-order valence-electron chi connectivity index (χ4n) is 6.19. The van der Waals surface area contributed by atoms with E-state index in [1.165, 1.54) is 6.92 Å². The van der Waals surface area contributed by atoms with Gasteiger partial charge in [0.25, 0.3) is 0 Å². The summed E-state index contributed by atoms with van der Waals surface area (Å²) in [6.07, 6.45) is -2.23. The Hall–Kier alpha value is -3.15. The molecule has 11 nitrogen and oxygen atoms in total. The van der Waals surface area contributed by atoms with Crippen molar-refractivity contribution in [1.82, 2.24) is 4.90 Å². The fourth-order valence-corrected chi connectivity index (χ4v) is 6.19. The quantitative estimate of drug-likeness (QED) is 0.397. The molecule has 4 N–H and O–H groups in total. The summed E-state index contributed by atoms with van der Waals surface area (Å²) < 4.78 is 16.6. The summed E-state index contributed by atoms with van der Waals surface area (Å²) in [6, 6.07) is 3.19. The zero-order valence-electron chi connectivity index (χ0n) is 19.3. The van der Waals surface area contributed by atoms with E-state index >= 15 is 0 Å². The van der Waals surface area contributed by atoms with E-state index in [0.29, 0.717) is 19.4 Å². The molecule has 1 aromatic rings. The van der Waals surface area contributed by atoms with Crippen molar-refractivity contribution in [3.63, 3.8) is 0 Å². The number of aliphatic hydroxyl groups excluding tert-OH is 1. The molecule has 35 heavy (non-hydrogen) atoms. The monoisotopic (exact) mass is 489 g/mol. The molecular formula is C24H27NO10. The molecule has 0 amide bonds. The van der Waals surface area contributed by atoms with E-state index in [1.54, 1.807) is 12.1 Å². The van der Waals surface area contributed by atoms with Crippen LogP contribution in [0.3, 0.4) is 0 Å². The number of carbonyl (C=O) groups is 3. The molecule has 1 saturated heterocycles. The molecule has 2 aliphatic heterocycles. The number of likely N-dealkylation sites (tertiary alicyclic amines) is 1. The molecule has 0 aromatic heterocycles. The molecule has 4 aliphatic rings. The summed E-state index contributed by atoms with van der Waals surface area (Å²) in [5, 5.41) is 40.9. The first-order valence-corrected chi connectivity index (χ1v) is 11.5. The molecule has 5 rings (SSSR count). The predicted molar refractivity (Wildman–Crippen MR) is 116 cm³/mol. The van der Waals surface area contributed by atoms with Crippen molar-refractivity contribution >= 4 is 17.9 Å². The number of aliphatic carboxylic acids is 1. The van der Waals surface area contributed by atoms with Gasteiger partial charge in [0.15, 0.2) is 29.8 Å². The molecule has 2 aliphatic carbocycles. The molecule has 2 bridgehead atoms. The predicted octanol–water partition coefficient (Wildman–Crippen LogP) is -0.0196. The number of hydrogen-bond acceptors (Lipinski definition) is 10. The molecule has 0 saturated carbocycles. The second-order valence-electron chi connectivity index (χ2n) is 9.72. The smallest absolute Gasteiger partial charge is 0.352 e. The highest BCUT2D eigenvalue weighted by molar-refractivity contribution is 5.84. The topological polar surface area (TPSA) is 163 Å². The van der Waals surface area contributed by atoms with Crippen LogP contribution >= 0.6 is 0 Å². The van der Waals surface area contributed by atoms with Gasteiger partial charge in [-0.2, -0.15) is 0 Å². The van der Waals surface area contributed by atoms with Crippen LogP contribution in [0.25, 0.3) is 0 Å². The van der Waals surface area contributed by atoms with Crippen LogP contribution in [0.2, 0.25) is 0 Å². The van der Waals surface area contributed by atoms with Crippen molar-refractivity contribution in [1.29, 1.82) is 0 Å². The van der Waals surface area contributed by atoms with Crippen LogP contribution in [0, 0.1) is 0 Å². The summed E-state index contributed by atoms with van der Waals surface area (Å²) in [5.74, 6) is -3.25. The third-order valence-corrected chi connectivity index (χ3v) is 7.84. The minimum atomic E-state index is -1.92. The Morgan fingerprint density at radius 1 is 1.29 bits per heavy atom. The Morgan fingerprint density at radius 3 is 2.74 bits per heavy atom. The van der Waals surface area contributed by atoms with E-state index in [2.05, 4.69) is 4.90 Å². The number of benzene rings is 1. The Bertz CT molecular complexity index is 1150. The highest BCUT2D eigenvalue weighted by Crippen LogP contribution is 2.65. The first-order chi connectivity index (χ1) is 16.5. The van der Waals surface area contributed by atoms with Gasteiger partial charge < -0.3 is 39.5 Å². The normalized spacial score (nSPS) is 31.9. The Kier molecular flexibility index (Phi) is 5.35. The number of carboxylic acids is 1. The number of phenolic OH excluding ortho intramolecular Hbond substituents is 1. The van der Waals surface area contributed by atoms with E-state index < -0.39 is 53.7 Å². The van der Waals surface area contributed by atoms with Crippen LogP contribution in [0.1, 0.15) is 37.3 Å². The van der Waals surface area contributed by atoms with Gasteiger partial charge in [-0.25, -0.2) is 9.59 Å². The minimum Gasteiger partial charge on any atom is -0.504 e. The second kappa shape index (κ2) is 7.94. The molecular weight excluding hydrogens is 462 g/mol. The van der Waals surface area contributed by atoms with E-state index in [9.17, 15) is 29.7 Å². The van der Waals surface area contributed by atoms with E-state index in [-0.39, 0.29) is 29.7 Å². The molecule has 11 heteroatoms. The number of carboxylic acid groups (broad SMARTS) is 1. The lowest BCUT2D eigenvalue weighted by atomic mass is 9.50. The SMILES string of the molecule is CC(OC(=O)C(O)CC(=O)O)C(=O)OC1=CC[C@@]2(O)[C@H]3Cc4ccc(O)c5c4[C@@]2(CCN3C)[C@H]1O5. The van der Waals surface area contributed by atoms with Crippen LogP contribution in [0.5, 0.6) is 11.5 Å². The highest BCUT2D eigenvalue weighted by atomic mass is 16.6. The van der Waals surface area contributed by atoms with E-state index in [0.717, 1.165) is 11.1 Å². The lowest BCUT2D eigenvalue weighted by Gasteiger charge is -2.61. The number of likely N-dealkylation sites (N-methyl/N-ethyl adjacent to an activating group) is 1. The minimum absolute atomic E-state index is 0.0624. The van der Waals surface area contributed by atoms with Crippen molar-refractivity contribution in [2.75, 3.05) is 13.6 Å². The largest absolute Gasteiger partial charge is 0.504 e. The zero-order valence-corrected chi connectivity index (χ0v) is 19.3. The number of piperidine rings is 1. The standard InChI is InChI=1S/C24H27NO10/c1-11(33-22(31)14(27)10-17(28)29)21(30)34-15-5-6-24(32)16-9-12-3-4-13(26)19-18(12)23(24,20(15)35-19)7-8-25(16)2/h3-5,11,14,16,20,26-27,32H,6-10H2,1-2H3,(H,28,29)/t11?,14?,16-,20+,23+,24-/m1/s1. The van der Waals surface area contributed by atoms with Gasteiger partial charge in [-0.05, 0) is 51.1 Å². The molecule has 1 fully saturated rings. The average Bonchev–Trinajstić information content (AvgIpc) is 3.15. The maximum atomic E-state index is 12.8. The van der Waals surface area contributed by atoms with Crippen molar-refractivity contribution in [2.24, 2.45) is 0 Å². The number of aliphatic hydroxyl groups is 2. The number of carbonyl (C=O) groups excluding carboxylic acids is 2. The van der Waals surface area contributed by atoms with Gasteiger partial charge in [0.2, 0.25) is 0 Å². The molecule has 1 aromatic carbocycles. The van der Waals surface area contributed by atoms with Crippen LogP contribution < -0.4 is 4.74 Å². The van der Waals surface area contributed by atoms with E-state index in [1.807, 2.05) is 13.1 Å². The average molecular weight is 489 g/mol. The summed E-state index contributed by atoms with van der Waals surface area (Å²) in [6.45, 7) is 1.91. The third kappa shape index (κ3) is 3.25. The zero-order chi connectivity index (χ0) is 25.3. The van der Waals surface area contributed by atoms with Crippen LogP contribution in [-0.4, -0.2) is 86.8 Å². The first kappa shape index (κ1) is 23.6. The number of nitrogens with zero attached hydrogens (tertiary/aromatic N) is 1. The van der Waals surface area contributed by atoms with Gasteiger partial charge in [0.05, 0.1) is 17.4 Å². The summed E-state index contributed by atoms with van der Waals surface area (Å²) in [4.78, 5) is 37.5. The van der Waals surface area contributed by atoms with Crippen LogP contribution in [0.4, 0.5) is 0 Å². The number of phenols is 1. The van der Waals surface area contributed by atoms with Crippen LogP contribution in [0.15, 0.2) is 24.0 Å². The molecule has 2 unspecified atom stereocenters. The molecule has 1 spiro atoms. The summed E-state index contributed by atoms with van der Waals surface area (Å²) >= 11 is 0. The fraction of sp³-hybridized carbons (Fsp3) is 0.542. The van der Waals surface area contributed by atoms with Gasteiger partial charge in [-0.3, -0.25) is 4.79 Å². The molecule has 188 valence electrons. The lowest BCUT2D eigenvalue weighted by molar-refractivity contribution is -0.178. The number of rotatable bonds is 6.